The number of anilines is 1. The summed E-state index contributed by atoms with van der Waals surface area (Å²) in [6.45, 7) is 2.72. The number of nitrogens with zero attached hydrogens (tertiary/aromatic N) is 5. The van der Waals surface area contributed by atoms with Gasteiger partial charge in [0.05, 0.1) is 32.3 Å². The van der Waals surface area contributed by atoms with E-state index in [-0.39, 0.29) is 24.5 Å². The summed E-state index contributed by atoms with van der Waals surface area (Å²) in [6, 6.07) is 20.1. The van der Waals surface area contributed by atoms with Crippen molar-refractivity contribution in [3.8, 4) is 0 Å². The Morgan fingerprint density at radius 3 is 2.40 bits per heavy atom. The normalized spacial score (nSPS) is 17.8. The summed E-state index contributed by atoms with van der Waals surface area (Å²) < 4.78 is 14.0. The van der Waals surface area contributed by atoms with Gasteiger partial charge in [0.1, 0.15) is 18.4 Å². The summed E-state index contributed by atoms with van der Waals surface area (Å²) in [6.07, 6.45) is 2.84. The van der Waals surface area contributed by atoms with Gasteiger partial charge in [-0.05, 0) is 11.1 Å². The molecule has 2 N–H and O–H groups in total. The second kappa shape index (κ2) is 10.6. The highest BCUT2D eigenvalue weighted by molar-refractivity contribution is 5.83. The number of hydrogen-bond acceptors (Lipinski definition) is 7. The van der Waals surface area contributed by atoms with Crippen molar-refractivity contribution in [2.24, 2.45) is 5.92 Å². The number of rotatable bonds is 9. The van der Waals surface area contributed by atoms with Crippen LogP contribution in [-0.2, 0) is 34.0 Å². The van der Waals surface area contributed by atoms with Crippen molar-refractivity contribution in [2.75, 3.05) is 25.4 Å². The second-order valence-electron chi connectivity index (χ2n) is 8.70. The zero-order valence-electron chi connectivity index (χ0n) is 19.4. The Bertz CT molecular complexity index is 1260. The molecule has 2 aromatic carbocycles. The number of hydrogen-bond donors (Lipinski definition) is 1. The fourth-order valence-corrected chi connectivity index (χ4v) is 4.33. The molecule has 2 unspecified atom stereocenters. The van der Waals surface area contributed by atoms with Crippen LogP contribution in [0.15, 0.2) is 73.3 Å². The highest BCUT2D eigenvalue weighted by Gasteiger charge is 2.36. The summed E-state index contributed by atoms with van der Waals surface area (Å²) in [5.41, 5.74) is 9.14. The van der Waals surface area contributed by atoms with E-state index < -0.39 is 0 Å². The fraction of sp³-hybridized carbons (Fsp3) is 0.308. The van der Waals surface area contributed by atoms with E-state index in [0.717, 1.165) is 11.1 Å². The Hall–Kier alpha value is -3.82. The minimum absolute atomic E-state index is 0.0274. The predicted octanol–water partition coefficient (Wildman–Crippen LogP) is 2.67. The summed E-state index contributed by atoms with van der Waals surface area (Å²) in [4.78, 5) is 27.5. The highest BCUT2D eigenvalue weighted by atomic mass is 16.5. The molecule has 1 amide bonds. The molecule has 0 saturated carbocycles. The molecule has 1 aliphatic heterocycles. The zero-order valence-corrected chi connectivity index (χ0v) is 19.4. The molecule has 180 valence electrons. The van der Waals surface area contributed by atoms with Gasteiger partial charge in [0.15, 0.2) is 11.5 Å². The first kappa shape index (κ1) is 22.9. The third-order valence-corrected chi connectivity index (χ3v) is 6.22. The summed E-state index contributed by atoms with van der Waals surface area (Å²) in [5, 5.41) is 0. The van der Waals surface area contributed by atoms with E-state index >= 15 is 0 Å². The molecule has 0 radical (unpaired) electrons. The van der Waals surface area contributed by atoms with Crippen molar-refractivity contribution in [3.05, 3.63) is 84.4 Å². The molecule has 0 spiro atoms. The molecule has 5 rings (SSSR count). The smallest absolute Gasteiger partial charge is 0.242 e. The molecule has 1 aliphatic rings. The first-order valence-corrected chi connectivity index (χ1v) is 11.6. The van der Waals surface area contributed by atoms with Gasteiger partial charge in [0.25, 0.3) is 0 Å². The van der Waals surface area contributed by atoms with Gasteiger partial charge in [0, 0.05) is 19.0 Å². The molecule has 0 aliphatic carbocycles. The molecule has 4 aromatic rings. The lowest BCUT2D eigenvalue weighted by atomic mass is 10.1. The van der Waals surface area contributed by atoms with Crippen LogP contribution in [0.5, 0.6) is 0 Å². The number of nitrogen functional groups attached to an aromatic ring is 1. The van der Waals surface area contributed by atoms with E-state index in [1.165, 1.54) is 6.33 Å². The van der Waals surface area contributed by atoms with Crippen molar-refractivity contribution in [1.29, 1.82) is 0 Å². The summed E-state index contributed by atoms with van der Waals surface area (Å²) in [5.74, 6) is 0.344. The molecular formula is C26H28N6O3. The minimum Gasteiger partial charge on any atom is -0.382 e. The predicted molar refractivity (Wildman–Crippen MR) is 131 cm³/mol. The summed E-state index contributed by atoms with van der Waals surface area (Å²) >= 11 is 0. The van der Waals surface area contributed by atoms with Gasteiger partial charge in [-0.15, -0.1) is 0 Å². The van der Waals surface area contributed by atoms with E-state index in [2.05, 4.69) is 15.0 Å². The van der Waals surface area contributed by atoms with Gasteiger partial charge in [-0.3, -0.25) is 4.79 Å². The average molecular weight is 473 g/mol. The van der Waals surface area contributed by atoms with Gasteiger partial charge in [0.2, 0.25) is 5.91 Å². The van der Waals surface area contributed by atoms with Crippen LogP contribution in [0.2, 0.25) is 0 Å². The quantitative estimate of drug-likeness (QED) is 0.399. The molecule has 35 heavy (non-hydrogen) atoms. The van der Waals surface area contributed by atoms with Gasteiger partial charge in [-0.25, -0.2) is 15.0 Å². The van der Waals surface area contributed by atoms with Crippen LogP contribution in [0, 0.1) is 5.92 Å². The number of benzene rings is 2. The lowest BCUT2D eigenvalue weighted by Crippen LogP contribution is -2.33. The lowest BCUT2D eigenvalue weighted by Gasteiger charge is -2.19. The molecule has 3 heterocycles. The van der Waals surface area contributed by atoms with Gasteiger partial charge in [-0.2, -0.15) is 0 Å². The number of likely N-dealkylation sites (tertiary alicyclic amines) is 1. The second-order valence-corrected chi connectivity index (χ2v) is 8.70. The van der Waals surface area contributed by atoms with Crippen molar-refractivity contribution >= 4 is 22.9 Å². The summed E-state index contributed by atoms with van der Waals surface area (Å²) in [7, 11) is 0. The number of imidazole rings is 1. The number of ether oxygens (including phenoxy) is 2. The standard InChI is InChI=1S/C26H28N6O3/c27-25-24-26(29-17-28-25)32(18-30-24)13-23(33)31-11-21(16-34-14-19-7-3-1-4-8-19)22(12-31)35-15-20-9-5-2-6-10-20/h1-10,17-18,21-22H,11-16H2,(H2,27,28,29). The van der Waals surface area contributed by atoms with Crippen molar-refractivity contribution < 1.29 is 14.3 Å². The lowest BCUT2D eigenvalue weighted by molar-refractivity contribution is -0.131. The third kappa shape index (κ3) is 5.47. The molecule has 1 fully saturated rings. The van der Waals surface area contributed by atoms with Crippen LogP contribution in [0.1, 0.15) is 11.1 Å². The zero-order chi connectivity index (χ0) is 24.0. The monoisotopic (exact) mass is 472 g/mol. The molecule has 2 aromatic heterocycles. The van der Waals surface area contributed by atoms with Gasteiger partial charge < -0.3 is 24.7 Å². The number of amides is 1. The van der Waals surface area contributed by atoms with Crippen LogP contribution in [-0.4, -0.2) is 56.1 Å². The molecule has 9 nitrogen and oxygen atoms in total. The molecule has 0 bridgehead atoms. The highest BCUT2D eigenvalue weighted by Crippen LogP contribution is 2.23. The first-order valence-electron chi connectivity index (χ1n) is 11.6. The van der Waals surface area contributed by atoms with E-state index in [4.69, 9.17) is 15.2 Å². The number of aromatic nitrogens is 4. The van der Waals surface area contributed by atoms with Crippen LogP contribution in [0.4, 0.5) is 5.82 Å². The Morgan fingerprint density at radius 1 is 0.943 bits per heavy atom. The van der Waals surface area contributed by atoms with Crippen LogP contribution >= 0.6 is 0 Å². The maximum Gasteiger partial charge on any atom is 0.242 e. The van der Waals surface area contributed by atoms with Crippen LogP contribution in [0.3, 0.4) is 0 Å². The van der Waals surface area contributed by atoms with Gasteiger partial charge in [-0.1, -0.05) is 60.7 Å². The number of carbonyl (C=O) groups excluding carboxylic acids is 1. The number of carbonyl (C=O) groups is 1. The maximum atomic E-state index is 13.2. The largest absolute Gasteiger partial charge is 0.382 e. The van der Waals surface area contributed by atoms with E-state index in [9.17, 15) is 4.79 Å². The Morgan fingerprint density at radius 2 is 1.66 bits per heavy atom. The van der Waals surface area contributed by atoms with Crippen molar-refractivity contribution in [1.82, 2.24) is 24.4 Å². The van der Waals surface area contributed by atoms with Gasteiger partial charge >= 0.3 is 0 Å². The number of fused-ring (bicyclic) bond motifs is 1. The van der Waals surface area contributed by atoms with Crippen LogP contribution in [0.25, 0.3) is 11.2 Å². The van der Waals surface area contributed by atoms with Crippen LogP contribution < -0.4 is 5.73 Å². The van der Waals surface area contributed by atoms with Crippen molar-refractivity contribution in [3.63, 3.8) is 0 Å². The number of nitrogens with two attached hydrogens (primary N) is 1. The van der Waals surface area contributed by atoms with E-state index in [0.29, 0.717) is 49.9 Å². The molecule has 2 atom stereocenters. The van der Waals surface area contributed by atoms with E-state index in [1.807, 2.05) is 65.6 Å². The topological polar surface area (TPSA) is 108 Å². The Labute approximate surface area is 203 Å². The first-order chi connectivity index (χ1) is 17.2. The third-order valence-electron chi connectivity index (χ3n) is 6.22. The Balaban J connectivity index is 1.24. The van der Waals surface area contributed by atoms with Crippen molar-refractivity contribution in [2.45, 2.75) is 25.9 Å². The minimum atomic E-state index is -0.118. The SMILES string of the molecule is Nc1ncnc2c1ncn2CC(=O)N1CC(COCc2ccccc2)C(OCc2ccccc2)C1. The molecular weight excluding hydrogens is 444 g/mol. The molecule has 1 saturated heterocycles. The fourth-order valence-electron chi connectivity index (χ4n) is 4.33. The Kier molecular flexibility index (Phi) is 6.97. The maximum absolute atomic E-state index is 13.2. The average Bonchev–Trinajstić information content (AvgIpc) is 3.49. The van der Waals surface area contributed by atoms with E-state index in [1.54, 1.807) is 10.9 Å². The molecule has 9 heteroatoms.